The summed E-state index contributed by atoms with van der Waals surface area (Å²) in [7, 11) is 0. The summed E-state index contributed by atoms with van der Waals surface area (Å²) >= 11 is 1.66. The number of hydrogen-bond donors (Lipinski definition) is 4. The monoisotopic (exact) mass is 432 g/mol. The SMILES string of the molecule is CCSCCN(C(=O)[C@@H](N)CCCN)[C@@H](CNc1ccc2ccccc2c1)C(=O)O. The first-order valence-electron chi connectivity index (χ1n) is 10.3. The first-order valence-corrected chi connectivity index (χ1v) is 11.4. The summed E-state index contributed by atoms with van der Waals surface area (Å²) in [5.41, 5.74) is 12.4. The van der Waals surface area contributed by atoms with Gasteiger partial charge >= 0.3 is 5.97 Å². The molecule has 0 unspecified atom stereocenters. The third-order valence-corrected chi connectivity index (χ3v) is 5.79. The summed E-state index contributed by atoms with van der Waals surface area (Å²) < 4.78 is 0. The van der Waals surface area contributed by atoms with Crippen LogP contribution >= 0.6 is 11.8 Å². The molecular formula is C22H32N4O3S. The zero-order valence-corrected chi connectivity index (χ0v) is 18.2. The van der Waals surface area contributed by atoms with Gasteiger partial charge in [-0.1, -0.05) is 37.3 Å². The lowest BCUT2D eigenvalue weighted by atomic mass is 10.1. The summed E-state index contributed by atoms with van der Waals surface area (Å²) in [5, 5.41) is 15.2. The number of nitrogens with zero attached hydrogens (tertiary/aromatic N) is 1. The summed E-state index contributed by atoms with van der Waals surface area (Å²) in [5.74, 6) is 0.164. The molecule has 0 saturated heterocycles. The Hall–Kier alpha value is -2.29. The van der Waals surface area contributed by atoms with Crippen LogP contribution in [-0.2, 0) is 9.59 Å². The Bertz CT molecular complexity index is 833. The lowest BCUT2D eigenvalue weighted by Crippen LogP contribution is -2.54. The van der Waals surface area contributed by atoms with Crippen LogP contribution in [0.3, 0.4) is 0 Å². The van der Waals surface area contributed by atoms with Crippen LogP contribution in [0.25, 0.3) is 10.8 Å². The fraction of sp³-hybridized carbons (Fsp3) is 0.455. The second-order valence-electron chi connectivity index (χ2n) is 7.06. The number of anilines is 1. The molecule has 164 valence electrons. The van der Waals surface area contributed by atoms with Gasteiger partial charge in [0.2, 0.25) is 5.91 Å². The molecule has 7 nitrogen and oxygen atoms in total. The minimum absolute atomic E-state index is 0.0970. The molecule has 2 aromatic rings. The van der Waals surface area contributed by atoms with Crippen molar-refractivity contribution >= 4 is 40.1 Å². The molecule has 0 aliphatic carbocycles. The predicted molar refractivity (Wildman–Crippen MR) is 125 cm³/mol. The van der Waals surface area contributed by atoms with E-state index in [4.69, 9.17) is 11.5 Å². The molecule has 0 radical (unpaired) electrons. The summed E-state index contributed by atoms with van der Waals surface area (Å²) in [6.07, 6.45) is 1.06. The number of carboxylic acid groups (broad SMARTS) is 1. The molecule has 0 bridgehead atoms. The molecule has 2 atom stereocenters. The van der Waals surface area contributed by atoms with E-state index in [1.54, 1.807) is 11.8 Å². The van der Waals surface area contributed by atoms with Crippen LogP contribution in [0.4, 0.5) is 5.69 Å². The molecule has 0 spiro atoms. The largest absolute Gasteiger partial charge is 0.480 e. The number of rotatable bonds is 13. The fourth-order valence-electron chi connectivity index (χ4n) is 3.25. The van der Waals surface area contributed by atoms with Gasteiger partial charge in [-0.2, -0.15) is 11.8 Å². The molecule has 0 aliphatic rings. The van der Waals surface area contributed by atoms with E-state index < -0.39 is 18.1 Å². The molecule has 2 rings (SSSR count). The minimum atomic E-state index is -1.05. The van der Waals surface area contributed by atoms with Crippen LogP contribution in [0, 0.1) is 0 Å². The molecular weight excluding hydrogens is 400 g/mol. The third kappa shape index (κ3) is 6.90. The molecule has 8 heteroatoms. The predicted octanol–water partition coefficient (Wildman–Crippen LogP) is 2.35. The highest BCUT2D eigenvalue weighted by Crippen LogP contribution is 2.19. The zero-order chi connectivity index (χ0) is 21.9. The first kappa shape index (κ1) is 24.0. The summed E-state index contributed by atoms with van der Waals surface area (Å²) in [6.45, 7) is 2.90. The number of carbonyl (C=O) groups is 2. The van der Waals surface area contributed by atoms with E-state index in [2.05, 4.69) is 5.32 Å². The van der Waals surface area contributed by atoms with E-state index in [1.807, 2.05) is 49.4 Å². The van der Waals surface area contributed by atoms with Crippen LogP contribution in [-0.4, -0.2) is 65.1 Å². The number of thioether (sulfide) groups is 1. The molecule has 0 aromatic heterocycles. The maximum Gasteiger partial charge on any atom is 0.328 e. The van der Waals surface area contributed by atoms with Crippen molar-refractivity contribution < 1.29 is 14.7 Å². The van der Waals surface area contributed by atoms with Crippen LogP contribution < -0.4 is 16.8 Å². The fourth-order valence-corrected chi connectivity index (χ4v) is 3.86. The first-order chi connectivity index (χ1) is 14.5. The van der Waals surface area contributed by atoms with Crippen LogP contribution in [0.1, 0.15) is 19.8 Å². The van der Waals surface area contributed by atoms with Crippen molar-refractivity contribution in [2.75, 3.05) is 36.5 Å². The molecule has 6 N–H and O–H groups in total. The highest BCUT2D eigenvalue weighted by Gasteiger charge is 2.32. The average molecular weight is 433 g/mol. The number of amides is 1. The standard InChI is InChI=1S/C22H32N4O3S/c1-2-30-13-12-26(21(27)19(24)8-5-11-23)20(22(28)29)15-25-18-10-9-16-6-3-4-7-17(16)14-18/h3-4,6-7,9-10,14,19-20,25H,2,5,8,11-13,15,23-24H2,1H3,(H,28,29)/t19-,20-/m0/s1. The minimum Gasteiger partial charge on any atom is -0.480 e. The zero-order valence-electron chi connectivity index (χ0n) is 17.4. The van der Waals surface area contributed by atoms with Crippen molar-refractivity contribution in [3.63, 3.8) is 0 Å². The van der Waals surface area contributed by atoms with E-state index in [9.17, 15) is 14.7 Å². The molecule has 0 saturated carbocycles. The number of benzene rings is 2. The Kier molecular flexibility index (Phi) is 9.93. The molecule has 30 heavy (non-hydrogen) atoms. The van der Waals surface area contributed by atoms with Crippen molar-refractivity contribution in [2.45, 2.75) is 31.8 Å². The molecule has 2 aromatic carbocycles. The van der Waals surface area contributed by atoms with E-state index in [0.717, 1.165) is 22.2 Å². The highest BCUT2D eigenvalue weighted by molar-refractivity contribution is 7.99. The molecule has 0 fully saturated rings. The van der Waals surface area contributed by atoms with Gasteiger partial charge in [0.1, 0.15) is 6.04 Å². The molecule has 0 heterocycles. The van der Waals surface area contributed by atoms with Crippen LogP contribution in [0.15, 0.2) is 42.5 Å². The van der Waals surface area contributed by atoms with E-state index in [0.29, 0.717) is 31.7 Å². The molecule has 1 amide bonds. The van der Waals surface area contributed by atoms with Crippen molar-refractivity contribution in [1.82, 2.24) is 4.90 Å². The van der Waals surface area contributed by atoms with Gasteiger partial charge in [0.25, 0.3) is 0 Å². The number of carboxylic acids is 1. The number of carbonyl (C=O) groups excluding carboxylic acids is 1. The van der Waals surface area contributed by atoms with Gasteiger partial charge in [0.15, 0.2) is 0 Å². The lowest BCUT2D eigenvalue weighted by Gasteiger charge is -2.31. The number of nitrogens with one attached hydrogen (secondary N) is 1. The lowest BCUT2D eigenvalue weighted by molar-refractivity contribution is -0.150. The Balaban J connectivity index is 2.15. The topological polar surface area (TPSA) is 122 Å². The van der Waals surface area contributed by atoms with Gasteiger partial charge in [-0.15, -0.1) is 0 Å². The van der Waals surface area contributed by atoms with E-state index >= 15 is 0 Å². The van der Waals surface area contributed by atoms with Gasteiger partial charge in [-0.05, 0) is 48.0 Å². The second kappa shape index (κ2) is 12.4. The third-order valence-electron chi connectivity index (χ3n) is 4.91. The van der Waals surface area contributed by atoms with E-state index in [1.165, 1.54) is 4.90 Å². The number of fused-ring (bicyclic) bond motifs is 1. The van der Waals surface area contributed by atoms with Crippen molar-refractivity contribution in [1.29, 1.82) is 0 Å². The summed E-state index contributed by atoms with van der Waals surface area (Å²) in [4.78, 5) is 26.4. The van der Waals surface area contributed by atoms with Gasteiger partial charge in [-0.3, -0.25) is 4.79 Å². The van der Waals surface area contributed by atoms with Gasteiger partial charge in [0.05, 0.1) is 6.04 Å². The van der Waals surface area contributed by atoms with Gasteiger partial charge in [-0.25, -0.2) is 4.79 Å². The maximum absolute atomic E-state index is 12.9. The number of nitrogens with two attached hydrogens (primary N) is 2. The quantitative estimate of drug-likeness (QED) is 0.358. The summed E-state index contributed by atoms with van der Waals surface area (Å²) in [6, 6.07) is 12.1. The molecule has 0 aliphatic heterocycles. The second-order valence-corrected chi connectivity index (χ2v) is 8.46. The Labute approximate surface area is 182 Å². The normalized spacial score (nSPS) is 13.0. The Morgan fingerprint density at radius 3 is 2.60 bits per heavy atom. The van der Waals surface area contributed by atoms with Crippen LogP contribution in [0.5, 0.6) is 0 Å². The highest BCUT2D eigenvalue weighted by atomic mass is 32.2. The number of aliphatic carboxylic acids is 1. The smallest absolute Gasteiger partial charge is 0.328 e. The Morgan fingerprint density at radius 1 is 1.20 bits per heavy atom. The Morgan fingerprint density at radius 2 is 1.93 bits per heavy atom. The number of hydrogen-bond acceptors (Lipinski definition) is 6. The maximum atomic E-state index is 12.9. The van der Waals surface area contributed by atoms with Crippen molar-refractivity contribution in [2.24, 2.45) is 11.5 Å². The average Bonchev–Trinajstić information content (AvgIpc) is 2.75. The van der Waals surface area contributed by atoms with E-state index in [-0.39, 0.29) is 12.5 Å². The van der Waals surface area contributed by atoms with Crippen molar-refractivity contribution in [3.05, 3.63) is 42.5 Å². The van der Waals surface area contributed by atoms with Crippen LogP contribution in [0.2, 0.25) is 0 Å². The van der Waals surface area contributed by atoms with Gasteiger partial charge < -0.3 is 26.8 Å². The van der Waals surface area contributed by atoms with Crippen molar-refractivity contribution in [3.8, 4) is 0 Å². The van der Waals surface area contributed by atoms with Gasteiger partial charge in [0, 0.05) is 24.5 Å².